The van der Waals surface area contributed by atoms with Crippen LogP contribution in [0, 0.1) is 0 Å². The number of imidazole rings is 1. The fourth-order valence-corrected chi connectivity index (χ4v) is 7.99. The highest BCUT2D eigenvalue weighted by Gasteiger charge is 2.45. The Bertz CT molecular complexity index is 1970. The highest BCUT2D eigenvalue weighted by Crippen LogP contribution is 2.40. The van der Waals surface area contributed by atoms with Gasteiger partial charge < -0.3 is 28.6 Å². The van der Waals surface area contributed by atoms with Crippen LogP contribution in [0.5, 0.6) is 5.75 Å². The summed E-state index contributed by atoms with van der Waals surface area (Å²) in [6.45, 7) is 4.65. The molecule has 3 aromatic carbocycles. The molecule has 0 N–H and O–H groups in total. The highest BCUT2D eigenvalue weighted by molar-refractivity contribution is 6.35. The second kappa shape index (κ2) is 14.7. The minimum absolute atomic E-state index is 0.0521. The van der Waals surface area contributed by atoms with Crippen molar-refractivity contribution >= 4 is 34.6 Å². The molecule has 4 heterocycles. The van der Waals surface area contributed by atoms with Crippen LogP contribution in [0.2, 0.25) is 10.0 Å². The molecule has 0 unspecified atom stereocenters. The summed E-state index contributed by atoms with van der Waals surface area (Å²) in [7, 11) is 0. The molecule has 0 radical (unpaired) electrons. The molecule has 2 saturated heterocycles. The SMILES string of the molecule is O=c1n(-c2ccc(N3CCN(c4ccc(OC[C@@H]5CO[C@@](Cn6ccnc6)(c6ccc(Cl)cc6Cl)O5)cc4)CC3)cc2)cnn1C1CCCCC1. The van der Waals surface area contributed by atoms with E-state index in [9.17, 15) is 4.79 Å². The second-order valence-electron chi connectivity index (χ2n) is 13.5. The van der Waals surface area contributed by atoms with Crippen LogP contribution in [0.3, 0.4) is 0 Å². The van der Waals surface area contributed by atoms with Crippen LogP contribution >= 0.6 is 23.2 Å². The van der Waals surface area contributed by atoms with E-state index in [0.717, 1.165) is 74.7 Å². The second-order valence-corrected chi connectivity index (χ2v) is 14.3. The monoisotopic (exact) mass is 729 g/mol. The van der Waals surface area contributed by atoms with Crippen molar-refractivity contribution in [3.8, 4) is 11.4 Å². The molecule has 1 saturated carbocycles. The molecule has 5 aromatic rings. The number of nitrogens with zero attached hydrogens (tertiary/aromatic N) is 7. The van der Waals surface area contributed by atoms with Crippen molar-refractivity contribution < 1.29 is 14.2 Å². The van der Waals surface area contributed by atoms with Crippen molar-refractivity contribution in [3.63, 3.8) is 0 Å². The molecule has 1 aliphatic carbocycles. The first-order chi connectivity index (χ1) is 24.9. The largest absolute Gasteiger partial charge is 0.491 e. The summed E-state index contributed by atoms with van der Waals surface area (Å²) in [6.07, 6.45) is 12.3. The molecule has 2 atom stereocenters. The Morgan fingerprint density at radius 2 is 1.53 bits per heavy atom. The van der Waals surface area contributed by atoms with Crippen LogP contribution in [0.25, 0.3) is 5.69 Å². The van der Waals surface area contributed by atoms with Gasteiger partial charge in [-0.3, -0.25) is 0 Å². The zero-order valence-corrected chi connectivity index (χ0v) is 29.8. The van der Waals surface area contributed by atoms with E-state index < -0.39 is 5.79 Å². The zero-order valence-electron chi connectivity index (χ0n) is 28.3. The maximum absolute atomic E-state index is 13.1. The molecule has 13 heteroatoms. The van der Waals surface area contributed by atoms with Crippen molar-refractivity contribution in [2.45, 2.75) is 56.6 Å². The topological polar surface area (TPSA) is 91.8 Å². The number of hydrogen-bond acceptors (Lipinski definition) is 8. The molecule has 11 nitrogen and oxygen atoms in total. The molecule has 0 spiro atoms. The Labute approximate surface area is 306 Å². The predicted octanol–water partition coefficient (Wildman–Crippen LogP) is 6.72. The van der Waals surface area contributed by atoms with Gasteiger partial charge in [0.25, 0.3) is 0 Å². The summed E-state index contributed by atoms with van der Waals surface area (Å²) < 4.78 is 24.2. The van der Waals surface area contributed by atoms with Crippen molar-refractivity contribution in [2.75, 3.05) is 49.2 Å². The Hall–Kier alpha value is -4.29. The summed E-state index contributed by atoms with van der Waals surface area (Å²) in [5, 5.41) is 5.48. The Balaban J connectivity index is 0.842. The predicted molar refractivity (Wildman–Crippen MR) is 198 cm³/mol. The molecular weight excluding hydrogens is 689 g/mol. The van der Waals surface area contributed by atoms with Crippen LogP contribution < -0.4 is 20.2 Å². The van der Waals surface area contributed by atoms with E-state index in [1.54, 1.807) is 40.2 Å². The number of ether oxygens (including phenoxy) is 3. The molecule has 3 aliphatic rings. The fraction of sp³-hybridized carbons (Fsp3) is 0.395. The smallest absolute Gasteiger partial charge is 0.350 e. The summed E-state index contributed by atoms with van der Waals surface area (Å²) in [5.41, 5.74) is 3.81. The number of hydrogen-bond donors (Lipinski definition) is 0. The molecule has 51 heavy (non-hydrogen) atoms. The maximum atomic E-state index is 13.1. The third kappa shape index (κ3) is 7.26. The van der Waals surface area contributed by atoms with Gasteiger partial charge in [0.05, 0.1) is 36.2 Å². The van der Waals surface area contributed by atoms with Gasteiger partial charge in [0.1, 0.15) is 24.8 Å². The van der Waals surface area contributed by atoms with Crippen molar-refractivity contribution in [1.82, 2.24) is 23.9 Å². The van der Waals surface area contributed by atoms with Gasteiger partial charge in [-0.2, -0.15) is 5.10 Å². The molecule has 2 aliphatic heterocycles. The first kappa shape index (κ1) is 33.8. The summed E-state index contributed by atoms with van der Waals surface area (Å²) in [5.74, 6) is -0.330. The number of halogens is 2. The Morgan fingerprint density at radius 1 is 0.843 bits per heavy atom. The lowest BCUT2D eigenvalue weighted by Crippen LogP contribution is -2.46. The van der Waals surface area contributed by atoms with Crippen molar-refractivity contribution in [1.29, 1.82) is 0 Å². The lowest BCUT2D eigenvalue weighted by molar-refractivity contribution is -0.189. The van der Waals surface area contributed by atoms with Crippen molar-refractivity contribution in [2.24, 2.45) is 0 Å². The molecule has 266 valence electrons. The van der Waals surface area contributed by atoms with Gasteiger partial charge in [-0.1, -0.05) is 48.5 Å². The average molecular weight is 731 g/mol. The van der Waals surface area contributed by atoms with Gasteiger partial charge in [0.15, 0.2) is 0 Å². The van der Waals surface area contributed by atoms with E-state index in [-0.39, 0.29) is 17.8 Å². The van der Waals surface area contributed by atoms with Crippen LogP contribution in [-0.4, -0.2) is 69.4 Å². The number of anilines is 2. The average Bonchev–Trinajstić information content (AvgIpc) is 3.93. The molecule has 8 rings (SSSR count). The third-order valence-corrected chi connectivity index (χ3v) is 10.7. The van der Waals surface area contributed by atoms with Crippen LogP contribution in [0.4, 0.5) is 11.4 Å². The van der Waals surface area contributed by atoms with E-state index in [4.69, 9.17) is 37.4 Å². The molecule has 3 fully saturated rings. The number of rotatable bonds is 10. The maximum Gasteiger partial charge on any atom is 0.350 e. The highest BCUT2D eigenvalue weighted by atomic mass is 35.5. The third-order valence-electron chi connectivity index (χ3n) is 10.2. The number of piperazine rings is 1. The molecular formula is C38H41Cl2N7O4. The first-order valence-electron chi connectivity index (χ1n) is 17.7. The lowest BCUT2D eigenvalue weighted by Gasteiger charge is -2.37. The standard InChI is InChI=1S/C38H41Cl2N7O4/c39-28-6-15-35(36(40)22-28)38(25-43-17-16-41-26-43)50-24-34(51-38)23-49-33-13-11-30(12-14-33)45-20-18-44(19-21-45)29-7-9-31(10-8-29)46-27-42-47(37(46)48)32-4-2-1-3-5-32/h6-17,22,26-27,32,34H,1-5,18-21,23-25H2/t34-,38-/m1/s1. The van der Waals surface area contributed by atoms with Gasteiger partial charge in [0, 0.05) is 60.5 Å². The quantitative estimate of drug-likeness (QED) is 0.157. The summed E-state index contributed by atoms with van der Waals surface area (Å²) in [4.78, 5) is 22.0. The van der Waals surface area contributed by atoms with E-state index in [0.29, 0.717) is 35.4 Å². The van der Waals surface area contributed by atoms with E-state index in [1.165, 1.54) is 6.42 Å². The van der Waals surface area contributed by atoms with Gasteiger partial charge >= 0.3 is 5.69 Å². The molecule has 0 amide bonds. The minimum Gasteiger partial charge on any atom is -0.491 e. The van der Waals surface area contributed by atoms with Gasteiger partial charge in [-0.05, 0) is 73.5 Å². The van der Waals surface area contributed by atoms with Crippen LogP contribution in [0.1, 0.15) is 43.7 Å². The van der Waals surface area contributed by atoms with Gasteiger partial charge in [-0.25, -0.2) is 19.0 Å². The zero-order chi connectivity index (χ0) is 34.8. The van der Waals surface area contributed by atoms with Crippen molar-refractivity contribution in [3.05, 3.63) is 118 Å². The lowest BCUT2D eigenvalue weighted by atomic mass is 9.96. The van der Waals surface area contributed by atoms with Crippen LogP contribution in [0.15, 0.2) is 96.6 Å². The summed E-state index contributed by atoms with van der Waals surface area (Å²) >= 11 is 12.8. The Kier molecular flexibility index (Phi) is 9.78. The normalized spacial score (nSPS) is 21.3. The number of benzene rings is 3. The Morgan fingerprint density at radius 3 is 2.20 bits per heavy atom. The van der Waals surface area contributed by atoms with Crippen LogP contribution in [-0.2, 0) is 21.8 Å². The van der Waals surface area contributed by atoms with E-state index >= 15 is 0 Å². The molecule has 0 bridgehead atoms. The molecule has 2 aromatic heterocycles. The van der Waals surface area contributed by atoms with E-state index in [2.05, 4.69) is 44.1 Å². The number of aromatic nitrogens is 5. The summed E-state index contributed by atoms with van der Waals surface area (Å²) in [6, 6.07) is 22.0. The van der Waals surface area contributed by atoms with Gasteiger partial charge in [-0.15, -0.1) is 0 Å². The minimum atomic E-state index is -1.09. The fourth-order valence-electron chi connectivity index (χ4n) is 7.43. The van der Waals surface area contributed by atoms with Gasteiger partial charge in [0.2, 0.25) is 5.79 Å². The first-order valence-corrected chi connectivity index (χ1v) is 18.4. The van der Waals surface area contributed by atoms with E-state index in [1.807, 2.05) is 41.1 Å².